The summed E-state index contributed by atoms with van der Waals surface area (Å²) in [6, 6.07) is 0. The van der Waals surface area contributed by atoms with E-state index in [4.69, 9.17) is 10.5 Å². The third-order valence-corrected chi connectivity index (χ3v) is 5.35. The van der Waals surface area contributed by atoms with Gasteiger partial charge in [0.25, 0.3) is 0 Å². The zero-order valence-electron chi connectivity index (χ0n) is 21.2. The number of nitrogens with two attached hydrogens (primary N) is 1. The van der Waals surface area contributed by atoms with Crippen molar-refractivity contribution in [2.75, 3.05) is 33.0 Å². The molecule has 0 aromatic rings. The van der Waals surface area contributed by atoms with Crippen molar-refractivity contribution in [3.63, 3.8) is 0 Å². The molecule has 0 radical (unpaired) electrons. The molecule has 0 fully saturated rings. The average molecular weight is 512 g/mol. The summed E-state index contributed by atoms with van der Waals surface area (Å²) in [5, 5.41) is 9.71. The van der Waals surface area contributed by atoms with Crippen LogP contribution in [0.4, 0.5) is 0 Å². The number of unbranched alkanes of at least 4 members (excludes halogenated alkanes) is 1. The Labute approximate surface area is 212 Å². The van der Waals surface area contributed by atoms with Crippen molar-refractivity contribution in [1.82, 2.24) is 0 Å². The summed E-state index contributed by atoms with van der Waals surface area (Å²) in [5.41, 5.74) is 5.19. The van der Waals surface area contributed by atoms with Crippen LogP contribution < -0.4 is 5.73 Å². The van der Waals surface area contributed by atoms with Gasteiger partial charge in [-0.3, -0.25) is 9.05 Å². The van der Waals surface area contributed by atoms with Gasteiger partial charge in [-0.15, -0.1) is 0 Å². The van der Waals surface area contributed by atoms with Crippen LogP contribution in [0.1, 0.15) is 58.3 Å². The van der Waals surface area contributed by atoms with Gasteiger partial charge in [0.1, 0.15) is 6.10 Å². The second-order valence-electron chi connectivity index (χ2n) is 7.67. The molecule has 8 heteroatoms. The Balaban J connectivity index is 3.59. The number of phosphoric acid groups is 1. The van der Waals surface area contributed by atoms with E-state index in [0.717, 1.165) is 51.4 Å². The summed E-state index contributed by atoms with van der Waals surface area (Å²) in [6.07, 6.45) is 32.7. The third-order valence-electron chi connectivity index (χ3n) is 4.37. The van der Waals surface area contributed by atoms with Gasteiger partial charge in [0, 0.05) is 13.2 Å². The summed E-state index contributed by atoms with van der Waals surface area (Å²) in [7, 11) is -4.17. The number of rotatable bonds is 23. The van der Waals surface area contributed by atoms with Crippen LogP contribution in [0.3, 0.4) is 0 Å². The number of allylic oxidation sites excluding steroid dienone is 12. The molecule has 2 atom stereocenters. The summed E-state index contributed by atoms with van der Waals surface area (Å²) in [4.78, 5) is 9.33. The zero-order valence-corrected chi connectivity index (χ0v) is 22.1. The Kier molecular flexibility index (Phi) is 24.4. The van der Waals surface area contributed by atoms with Crippen LogP contribution >= 0.6 is 7.82 Å². The molecule has 0 saturated heterocycles. The van der Waals surface area contributed by atoms with E-state index in [1.807, 2.05) is 0 Å². The Morgan fingerprint density at radius 2 is 1.23 bits per heavy atom. The predicted molar refractivity (Wildman–Crippen MR) is 145 cm³/mol. The van der Waals surface area contributed by atoms with Crippen LogP contribution in [-0.2, 0) is 18.3 Å². The molecule has 0 aromatic heterocycles. The largest absolute Gasteiger partial charge is 0.472 e. The number of aliphatic hydroxyl groups is 1. The molecule has 0 bridgehead atoms. The molecule has 0 aliphatic heterocycles. The van der Waals surface area contributed by atoms with Gasteiger partial charge >= 0.3 is 7.82 Å². The molecule has 0 rings (SSSR count). The monoisotopic (exact) mass is 511 g/mol. The Morgan fingerprint density at radius 3 is 1.71 bits per heavy atom. The van der Waals surface area contributed by atoms with E-state index >= 15 is 0 Å². The van der Waals surface area contributed by atoms with Gasteiger partial charge < -0.3 is 20.5 Å². The minimum atomic E-state index is -4.17. The number of hydrogen-bond acceptors (Lipinski definition) is 6. The second kappa shape index (κ2) is 25.5. The van der Waals surface area contributed by atoms with Crippen LogP contribution in [0.2, 0.25) is 0 Å². The first-order valence-electron chi connectivity index (χ1n) is 12.5. The number of ether oxygens (including phenoxy) is 1. The quantitative estimate of drug-likeness (QED) is 0.0885. The Hall–Kier alpha value is -1.57. The maximum Gasteiger partial charge on any atom is 0.472 e. The van der Waals surface area contributed by atoms with Crippen molar-refractivity contribution in [2.24, 2.45) is 5.73 Å². The predicted octanol–water partition coefficient (Wildman–Crippen LogP) is 5.93. The maximum absolute atomic E-state index is 11.4. The molecule has 7 nitrogen and oxygen atoms in total. The highest BCUT2D eigenvalue weighted by molar-refractivity contribution is 7.47. The third kappa shape index (κ3) is 26.9. The normalized spacial score (nSPS) is 15.7. The molecule has 200 valence electrons. The van der Waals surface area contributed by atoms with Crippen molar-refractivity contribution >= 4 is 7.82 Å². The first-order chi connectivity index (χ1) is 17.0. The highest BCUT2D eigenvalue weighted by Gasteiger charge is 2.22. The fraction of sp³-hybridized carbons (Fsp3) is 0.556. The lowest BCUT2D eigenvalue weighted by Crippen LogP contribution is -2.22. The van der Waals surface area contributed by atoms with Crippen LogP contribution in [0.25, 0.3) is 0 Å². The molecular formula is C27H46NO6P. The second-order valence-corrected chi connectivity index (χ2v) is 9.13. The standard InChI is InChI=1S/C27H46NO6P/c1-2-3-4-5-6-7-8-9-10-11-12-13-14-15-16-17-18-19-20-21-23-32-25-27(29)26-34-35(30,31)33-24-22-28/h3-4,6-7,9-10,12-13,15-16,18-19,27,29H,2,5,8,11,14,17,20-26,28H2,1H3,(H,30,31)/b4-3-,7-6-,10-9-,13-12-,16-15-,19-18-. The van der Waals surface area contributed by atoms with Crippen molar-refractivity contribution in [3.8, 4) is 0 Å². The summed E-state index contributed by atoms with van der Waals surface area (Å²) >= 11 is 0. The fourth-order valence-electron chi connectivity index (χ4n) is 2.60. The molecule has 0 spiro atoms. The van der Waals surface area contributed by atoms with E-state index in [1.54, 1.807) is 0 Å². The van der Waals surface area contributed by atoms with Crippen molar-refractivity contribution < 1.29 is 28.3 Å². The van der Waals surface area contributed by atoms with Gasteiger partial charge in [0.05, 0.1) is 19.8 Å². The van der Waals surface area contributed by atoms with Crippen LogP contribution in [0.15, 0.2) is 72.9 Å². The summed E-state index contributed by atoms with van der Waals surface area (Å²) in [6.45, 7) is 2.34. The molecule has 0 heterocycles. The van der Waals surface area contributed by atoms with Gasteiger partial charge in [-0.2, -0.15) is 0 Å². The number of aliphatic hydroxyl groups excluding tert-OH is 1. The fourth-order valence-corrected chi connectivity index (χ4v) is 3.37. The lowest BCUT2D eigenvalue weighted by Gasteiger charge is -2.15. The molecule has 0 amide bonds. The lowest BCUT2D eigenvalue weighted by molar-refractivity contribution is 0.00284. The van der Waals surface area contributed by atoms with Crippen molar-refractivity contribution in [1.29, 1.82) is 0 Å². The molecule has 35 heavy (non-hydrogen) atoms. The molecule has 4 N–H and O–H groups in total. The zero-order chi connectivity index (χ0) is 25.9. The van der Waals surface area contributed by atoms with E-state index in [0.29, 0.717) is 6.61 Å². The minimum Gasteiger partial charge on any atom is -0.388 e. The van der Waals surface area contributed by atoms with Gasteiger partial charge in [-0.05, 0) is 51.4 Å². The SMILES string of the molecule is CC/C=C\C/C=C\C/C=C\C/C=C\C/C=C\C/C=C\CCCOCC(O)COP(=O)(O)OCCN. The first kappa shape index (κ1) is 33.4. The minimum absolute atomic E-state index is 0.0284. The van der Waals surface area contributed by atoms with Crippen LogP contribution in [0, 0.1) is 0 Å². The maximum atomic E-state index is 11.4. The van der Waals surface area contributed by atoms with E-state index in [9.17, 15) is 14.6 Å². The number of hydrogen-bond donors (Lipinski definition) is 3. The van der Waals surface area contributed by atoms with E-state index < -0.39 is 13.9 Å². The Bertz CT molecular complexity index is 700. The molecule has 0 aliphatic carbocycles. The Morgan fingerprint density at radius 1 is 0.743 bits per heavy atom. The van der Waals surface area contributed by atoms with E-state index in [-0.39, 0.29) is 26.4 Å². The van der Waals surface area contributed by atoms with Gasteiger partial charge in [0.2, 0.25) is 0 Å². The average Bonchev–Trinajstić information content (AvgIpc) is 2.84. The lowest BCUT2D eigenvalue weighted by atomic mass is 10.2. The number of phosphoric ester groups is 1. The highest BCUT2D eigenvalue weighted by Crippen LogP contribution is 2.42. The molecule has 0 aliphatic rings. The summed E-state index contributed by atoms with van der Waals surface area (Å²) < 4.78 is 26.0. The van der Waals surface area contributed by atoms with Crippen molar-refractivity contribution in [2.45, 2.75) is 64.4 Å². The van der Waals surface area contributed by atoms with E-state index in [1.165, 1.54) is 0 Å². The van der Waals surface area contributed by atoms with Crippen LogP contribution in [-0.4, -0.2) is 49.1 Å². The van der Waals surface area contributed by atoms with E-state index in [2.05, 4.69) is 88.9 Å². The van der Waals surface area contributed by atoms with Gasteiger partial charge in [-0.25, -0.2) is 4.57 Å². The van der Waals surface area contributed by atoms with Crippen LogP contribution in [0.5, 0.6) is 0 Å². The van der Waals surface area contributed by atoms with Crippen molar-refractivity contribution in [3.05, 3.63) is 72.9 Å². The summed E-state index contributed by atoms with van der Waals surface area (Å²) in [5.74, 6) is 0. The topological polar surface area (TPSA) is 111 Å². The molecule has 2 unspecified atom stereocenters. The smallest absolute Gasteiger partial charge is 0.388 e. The molecule has 0 aromatic carbocycles. The first-order valence-corrected chi connectivity index (χ1v) is 14.0. The van der Waals surface area contributed by atoms with Gasteiger partial charge in [0.15, 0.2) is 0 Å². The molecule has 0 saturated carbocycles. The highest BCUT2D eigenvalue weighted by atomic mass is 31.2. The van der Waals surface area contributed by atoms with Gasteiger partial charge in [-0.1, -0.05) is 79.8 Å². The molecular weight excluding hydrogens is 465 g/mol.